The summed E-state index contributed by atoms with van der Waals surface area (Å²) >= 11 is 0. The molecule has 0 bridgehead atoms. The van der Waals surface area contributed by atoms with Gasteiger partial charge in [-0.25, -0.2) is 0 Å². The summed E-state index contributed by atoms with van der Waals surface area (Å²) in [6.45, 7) is 12.7. The van der Waals surface area contributed by atoms with E-state index in [0.717, 1.165) is 58.2 Å². The fraction of sp³-hybridized carbons (Fsp3) is 1.00. The van der Waals surface area contributed by atoms with Crippen molar-refractivity contribution in [1.82, 2.24) is 10.6 Å². The first-order valence-corrected chi connectivity index (χ1v) is 6.26. The molecule has 92 valence electrons. The average molecular weight is 216 g/mol. The van der Waals surface area contributed by atoms with Crippen molar-refractivity contribution in [2.75, 3.05) is 39.4 Å². The maximum absolute atomic E-state index is 5.51. The quantitative estimate of drug-likeness (QED) is 0.515. The fourth-order valence-electron chi connectivity index (χ4n) is 1.27. The van der Waals surface area contributed by atoms with Crippen molar-refractivity contribution in [2.45, 2.75) is 33.6 Å². The Morgan fingerprint density at radius 2 is 1.60 bits per heavy atom. The lowest BCUT2D eigenvalue weighted by Crippen LogP contribution is -2.22. The molecule has 0 spiro atoms. The molecule has 0 unspecified atom stereocenters. The van der Waals surface area contributed by atoms with Crippen LogP contribution in [0.3, 0.4) is 0 Å². The molecule has 15 heavy (non-hydrogen) atoms. The molecule has 0 rings (SSSR count). The Balaban J connectivity index is 2.87. The summed E-state index contributed by atoms with van der Waals surface area (Å²) in [5, 5.41) is 6.68. The summed E-state index contributed by atoms with van der Waals surface area (Å²) in [7, 11) is 0. The van der Waals surface area contributed by atoms with Gasteiger partial charge in [-0.2, -0.15) is 0 Å². The summed E-state index contributed by atoms with van der Waals surface area (Å²) in [4.78, 5) is 0. The summed E-state index contributed by atoms with van der Waals surface area (Å²) in [5.41, 5.74) is 0. The molecule has 0 aliphatic carbocycles. The number of hydrogen-bond donors (Lipinski definition) is 2. The molecule has 0 aliphatic heterocycles. The zero-order chi connectivity index (χ0) is 11.4. The smallest absolute Gasteiger partial charge is 0.0478 e. The van der Waals surface area contributed by atoms with E-state index in [1.165, 1.54) is 0 Å². The summed E-state index contributed by atoms with van der Waals surface area (Å²) in [6, 6.07) is 0. The minimum absolute atomic E-state index is 0.742. The maximum atomic E-state index is 5.51. The third-order valence-corrected chi connectivity index (χ3v) is 2.09. The van der Waals surface area contributed by atoms with Gasteiger partial charge in [0.1, 0.15) is 0 Å². The van der Waals surface area contributed by atoms with Crippen molar-refractivity contribution in [1.29, 1.82) is 0 Å². The van der Waals surface area contributed by atoms with Crippen LogP contribution in [0.1, 0.15) is 33.6 Å². The molecule has 0 amide bonds. The van der Waals surface area contributed by atoms with Crippen molar-refractivity contribution < 1.29 is 4.74 Å². The molecule has 0 fully saturated rings. The van der Waals surface area contributed by atoms with Gasteiger partial charge in [0.05, 0.1) is 0 Å². The van der Waals surface area contributed by atoms with Crippen molar-refractivity contribution >= 4 is 0 Å². The first-order valence-electron chi connectivity index (χ1n) is 6.26. The molecule has 0 aromatic carbocycles. The van der Waals surface area contributed by atoms with E-state index in [1.807, 2.05) is 0 Å². The second-order valence-electron chi connectivity index (χ2n) is 4.27. The lowest BCUT2D eigenvalue weighted by molar-refractivity contribution is 0.129. The Morgan fingerprint density at radius 3 is 2.13 bits per heavy atom. The highest BCUT2D eigenvalue weighted by molar-refractivity contribution is 4.51. The predicted molar refractivity (Wildman–Crippen MR) is 66.3 cm³/mol. The van der Waals surface area contributed by atoms with E-state index in [2.05, 4.69) is 31.4 Å². The van der Waals surface area contributed by atoms with Crippen molar-refractivity contribution in [3.8, 4) is 0 Å². The molecule has 3 nitrogen and oxygen atoms in total. The largest absolute Gasteiger partial charge is 0.381 e. The number of rotatable bonds is 11. The highest BCUT2D eigenvalue weighted by Crippen LogP contribution is 1.88. The monoisotopic (exact) mass is 216 g/mol. The zero-order valence-corrected chi connectivity index (χ0v) is 10.6. The second-order valence-corrected chi connectivity index (χ2v) is 4.27. The first-order chi connectivity index (χ1) is 7.27. The maximum Gasteiger partial charge on any atom is 0.0478 e. The topological polar surface area (TPSA) is 33.3 Å². The SMILES string of the molecule is CCNCCCOCCCNCC(C)C. The third-order valence-electron chi connectivity index (χ3n) is 2.09. The Hall–Kier alpha value is -0.120. The number of hydrogen-bond acceptors (Lipinski definition) is 3. The van der Waals surface area contributed by atoms with E-state index in [0.29, 0.717) is 0 Å². The van der Waals surface area contributed by atoms with Gasteiger partial charge in [-0.05, 0) is 44.9 Å². The van der Waals surface area contributed by atoms with Gasteiger partial charge < -0.3 is 15.4 Å². The third kappa shape index (κ3) is 13.9. The van der Waals surface area contributed by atoms with Gasteiger partial charge in [-0.1, -0.05) is 20.8 Å². The van der Waals surface area contributed by atoms with Gasteiger partial charge >= 0.3 is 0 Å². The van der Waals surface area contributed by atoms with E-state index in [9.17, 15) is 0 Å². The molecule has 0 atom stereocenters. The summed E-state index contributed by atoms with van der Waals surface area (Å²) in [6.07, 6.45) is 2.24. The molecule has 0 aromatic heterocycles. The molecule has 0 heterocycles. The second kappa shape index (κ2) is 12.0. The molecule has 0 saturated carbocycles. The molecule has 2 N–H and O–H groups in total. The van der Waals surface area contributed by atoms with Crippen LogP contribution < -0.4 is 10.6 Å². The average Bonchev–Trinajstić information content (AvgIpc) is 2.20. The zero-order valence-electron chi connectivity index (χ0n) is 10.6. The van der Waals surface area contributed by atoms with Crippen molar-refractivity contribution in [3.05, 3.63) is 0 Å². The lowest BCUT2D eigenvalue weighted by Gasteiger charge is -2.07. The Kier molecular flexibility index (Phi) is 11.9. The molecule has 3 heteroatoms. The van der Waals surface area contributed by atoms with Crippen LogP contribution in [0.2, 0.25) is 0 Å². The molecule has 0 aliphatic rings. The van der Waals surface area contributed by atoms with Crippen LogP contribution in [0.25, 0.3) is 0 Å². The predicted octanol–water partition coefficient (Wildman–Crippen LogP) is 1.64. The lowest BCUT2D eigenvalue weighted by atomic mass is 10.2. The number of nitrogens with one attached hydrogen (secondary N) is 2. The molecular weight excluding hydrogens is 188 g/mol. The summed E-state index contributed by atoms with van der Waals surface area (Å²) < 4.78 is 5.51. The van der Waals surface area contributed by atoms with Crippen molar-refractivity contribution in [3.63, 3.8) is 0 Å². The van der Waals surface area contributed by atoms with Crippen molar-refractivity contribution in [2.24, 2.45) is 5.92 Å². The highest BCUT2D eigenvalue weighted by atomic mass is 16.5. The van der Waals surface area contributed by atoms with E-state index >= 15 is 0 Å². The van der Waals surface area contributed by atoms with Crippen LogP contribution in [0.15, 0.2) is 0 Å². The van der Waals surface area contributed by atoms with Gasteiger partial charge in [-0.15, -0.1) is 0 Å². The first kappa shape index (κ1) is 14.9. The van der Waals surface area contributed by atoms with E-state index in [-0.39, 0.29) is 0 Å². The normalized spacial score (nSPS) is 11.2. The molecule has 0 radical (unpaired) electrons. The van der Waals surface area contributed by atoms with Crippen LogP contribution in [-0.2, 0) is 4.74 Å². The fourth-order valence-corrected chi connectivity index (χ4v) is 1.27. The minimum atomic E-state index is 0.742. The molecule has 0 saturated heterocycles. The van der Waals surface area contributed by atoms with Crippen LogP contribution >= 0.6 is 0 Å². The number of ether oxygens (including phenoxy) is 1. The van der Waals surface area contributed by atoms with E-state index in [4.69, 9.17) is 4.74 Å². The van der Waals surface area contributed by atoms with Crippen LogP contribution in [-0.4, -0.2) is 39.4 Å². The van der Waals surface area contributed by atoms with Gasteiger partial charge in [0, 0.05) is 13.2 Å². The van der Waals surface area contributed by atoms with E-state index in [1.54, 1.807) is 0 Å². The van der Waals surface area contributed by atoms with Crippen LogP contribution in [0, 0.1) is 5.92 Å². The highest BCUT2D eigenvalue weighted by Gasteiger charge is 1.93. The Bertz CT molecular complexity index is 118. The molecular formula is C12H28N2O. The minimum Gasteiger partial charge on any atom is -0.381 e. The summed E-state index contributed by atoms with van der Waals surface area (Å²) in [5.74, 6) is 0.742. The Labute approximate surface area is 95.0 Å². The van der Waals surface area contributed by atoms with Gasteiger partial charge in [-0.3, -0.25) is 0 Å². The van der Waals surface area contributed by atoms with Gasteiger partial charge in [0.25, 0.3) is 0 Å². The standard InChI is InChI=1S/C12H28N2O/c1-4-13-7-5-9-15-10-6-8-14-11-12(2)3/h12-14H,4-11H2,1-3H3. The van der Waals surface area contributed by atoms with Gasteiger partial charge in [0.15, 0.2) is 0 Å². The Morgan fingerprint density at radius 1 is 1.00 bits per heavy atom. The van der Waals surface area contributed by atoms with Gasteiger partial charge in [0.2, 0.25) is 0 Å². The van der Waals surface area contributed by atoms with Crippen LogP contribution in [0.4, 0.5) is 0 Å². The van der Waals surface area contributed by atoms with Crippen LogP contribution in [0.5, 0.6) is 0 Å². The van der Waals surface area contributed by atoms with E-state index < -0.39 is 0 Å². The molecule has 0 aromatic rings.